The fourth-order valence-corrected chi connectivity index (χ4v) is 3.31. The van der Waals surface area contributed by atoms with E-state index in [2.05, 4.69) is 15.3 Å². The van der Waals surface area contributed by atoms with Crippen LogP contribution in [0.2, 0.25) is 5.02 Å². The minimum Gasteiger partial charge on any atom is -0.497 e. The maximum absolute atomic E-state index is 12.0. The van der Waals surface area contributed by atoms with Gasteiger partial charge >= 0.3 is 0 Å². The van der Waals surface area contributed by atoms with Gasteiger partial charge in [0.25, 0.3) is 0 Å². The molecule has 27 heavy (non-hydrogen) atoms. The lowest BCUT2D eigenvalue weighted by atomic mass is 10.1. The summed E-state index contributed by atoms with van der Waals surface area (Å²) in [6, 6.07) is 15.1. The minimum absolute atomic E-state index is 0.00191. The molecule has 3 aromatic rings. The Morgan fingerprint density at radius 1 is 1.19 bits per heavy atom. The van der Waals surface area contributed by atoms with E-state index in [1.165, 1.54) is 0 Å². The van der Waals surface area contributed by atoms with E-state index in [-0.39, 0.29) is 5.91 Å². The molecule has 0 saturated carbocycles. The molecule has 7 heteroatoms. The summed E-state index contributed by atoms with van der Waals surface area (Å²) < 4.78 is 5.11. The molecule has 0 atom stereocenters. The number of aromatic nitrogens is 2. The minimum atomic E-state index is 0.00191. The SMILES string of the molecule is COc1ccc(CC(=O)NCCSc2ncc(-c3ccc(Cl)cc3)[nH]2)cc1. The fraction of sp³-hybridized carbons (Fsp3) is 0.200. The van der Waals surface area contributed by atoms with Crippen LogP contribution in [0.4, 0.5) is 0 Å². The van der Waals surface area contributed by atoms with Gasteiger partial charge in [-0.05, 0) is 35.4 Å². The number of nitrogens with zero attached hydrogens (tertiary/aromatic N) is 1. The van der Waals surface area contributed by atoms with Gasteiger partial charge in [-0.25, -0.2) is 4.98 Å². The van der Waals surface area contributed by atoms with Crippen LogP contribution in [0.25, 0.3) is 11.3 Å². The van der Waals surface area contributed by atoms with E-state index in [4.69, 9.17) is 16.3 Å². The van der Waals surface area contributed by atoms with Crippen molar-refractivity contribution in [3.8, 4) is 17.0 Å². The van der Waals surface area contributed by atoms with Crippen LogP contribution in [0.5, 0.6) is 5.75 Å². The van der Waals surface area contributed by atoms with E-state index in [0.717, 1.165) is 33.5 Å². The second-order valence-electron chi connectivity index (χ2n) is 5.83. The van der Waals surface area contributed by atoms with Gasteiger partial charge in [-0.1, -0.05) is 47.6 Å². The third-order valence-corrected chi connectivity index (χ3v) is 5.04. The van der Waals surface area contributed by atoms with Crippen LogP contribution in [0.15, 0.2) is 59.9 Å². The van der Waals surface area contributed by atoms with E-state index in [9.17, 15) is 4.79 Å². The third kappa shape index (κ3) is 5.77. The van der Waals surface area contributed by atoms with Gasteiger partial charge in [0.1, 0.15) is 5.75 Å². The lowest BCUT2D eigenvalue weighted by Crippen LogP contribution is -2.27. The molecular formula is C20H20ClN3O2S. The maximum atomic E-state index is 12.0. The lowest BCUT2D eigenvalue weighted by molar-refractivity contribution is -0.120. The van der Waals surface area contributed by atoms with Crippen LogP contribution in [0, 0.1) is 0 Å². The van der Waals surface area contributed by atoms with Gasteiger partial charge in [-0.3, -0.25) is 4.79 Å². The standard InChI is InChI=1S/C20H20ClN3O2S/c1-26-17-8-2-14(3-9-17)12-19(25)22-10-11-27-20-23-13-18(24-20)15-4-6-16(21)7-5-15/h2-9,13H,10-12H2,1H3,(H,22,25)(H,23,24). The zero-order valence-electron chi connectivity index (χ0n) is 14.9. The molecule has 3 rings (SSSR count). The average Bonchev–Trinajstić information content (AvgIpc) is 3.15. The van der Waals surface area contributed by atoms with Crippen molar-refractivity contribution in [1.29, 1.82) is 0 Å². The molecule has 0 bridgehead atoms. The quantitative estimate of drug-likeness (QED) is 0.438. The summed E-state index contributed by atoms with van der Waals surface area (Å²) in [6.45, 7) is 0.580. The van der Waals surface area contributed by atoms with Gasteiger partial charge in [-0.15, -0.1) is 0 Å². The third-order valence-electron chi connectivity index (χ3n) is 3.89. The maximum Gasteiger partial charge on any atom is 0.224 e. The van der Waals surface area contributed by atoms with E-state index < -0.39 is 0 Å². The largest absolute Gasteiger partial charge is 0.497 e. The number of benzene rings is 2. The number of ether oxygens (including phenoxy) is 1. The molecule has 2 N–H and O–H groups in total. The summed E-state index contributed by atoms with van der Waals surface area (Å²) in [5, 5.41) is 4.46. The van der Waals surface area contributed by atoms with E-state index >= 15 is 0 Å². The molecule has 0 unspecified atom stereocenters. The van der Waals surface area contributed by atoms with Gasteiger partial charge in [-0.2, -0.15) is 0 Å². The number of hydrogen-bond acceptors (Lipinski definition) is 4. The van der Waals surface area contributed by atoms with E-state index in [1.54, 1.807) is 25.1 Å². The number of aromatic amines is 1. The number of carbonyl (C=O) groups excluding carboxylic acids is 1. The number of thioether (sulfide) groups is 1. The van der Waals surface area contributed by atoms with E-state index in [1.807, 2.05) is 48.5 Å². The van der Waals surface area contributed by atoms with Gasteiger partial charge in [0, 0.05) is 17.3 Å². The Bertz CT molecular complexity index is 879. The summed E-state index contributed by atoms with van der Waals surface area (Å²) in [4.78, 5) is 19.6. The highest BCUT2D eigenvalue weighted by atomic mass is 35.5. The monoisotopic (exact) mass is 401 g/mol. The summed E-state index contributed by atoms with van der Waals surface area (Å²) in [7, 11) is 1.62. The van der Waals surface area contributed by atoms with Crippen LogP contribution in [-0.4, -0.2) is 35.3 Å². The van der Waals surface area contributed by atoms with Crippen molar-refractivity contribution in [2.24, 2.45) is 0 Å². The first kappa shape index (κ1) is 19.3. The van der Waals surface area contributed by atoms with Crippen molar-refractivity contribution in [3.63, 3.8) is 0 Å². The molecule has 0 fully saturated rings. The van der Waals surface area contributed by atoms with Gasteiger partial charge in [0.05, 0.1) is 25.4 Å². The van der Waals surface area contributed by atoms with E-state index in [0.29, 0.717) is 18.0 Å². The van der Waals surface area contributed by atoms with Crippen LogP contribution in [0.1, 0.15) is 5.56 Å². The molecule has 0 aliphatic rings. The molecular weight excluding hydrogens is 382 g/mol. The summed E-state index contributed by atoms with van der Waals surface area (Å²) in [6.07, 6.45) is 2.16. The number of amides is 1. The van der Waals surface area contributed by atoms with Crippen molar-refractivity contribution in [2.75, 3.05) is 19.4 Å². The number of methoxy groups -OCH3 is 1. The molecule has 0 aliphatic heterocycles. The Balaban J connectivity index is 1.40. The topological polar surface area (TPSA) is 67.0 Å². The predicted molar refractivity (Wildman–Crippen MR) is 109 cm³/mol. The molecule has 5 nitrogen and oxygen atoms in total. The normalized spacial score (nSPS) is 10.6. The second-order valence-corrected chi connectivity index (χ2v) is 7.35. The first-order chi connectivity index (χ1) is 13.1. The van der Waals surface area contributed by atoms with Gasteiger partial charge in [0.15, 0.2) is 5.16 Å². The Morgan fingerprint density at radius 3 is 2.63 bits per heavy atom. The Labute approximate surface area is 167 Å². The van der Waals surface area contributed by atoms with Crippen molar-refractivity contribution in [2.45, 2.75) is 11.6 Å². The van der Waals surface area contributed by atoms with Crippen molar-refractivity contribution in [1.82, 2.24) is 15.3 Å². The number of halogens is 1. The van der Waals surface area contributed by atoms with Crippen molar-refractivity contribution in [3.05, 3.63) is 65.3 Å². The first-order valence-corrected chi connectivity index (χ1v) is 9.84. The predicted octanol–water partition coefficient (Wildman–Crippen LogP) is 4.19. The first-order valence-electron chi connectivity index (χ1n) is 8.47. The Kier molecular flexibility index (Phi) is 6.79. The smallest absolute Gasteiger partial charge is 0.224 e. The highest BCUT2D eigenvalue weighted by Gasteiger charge is 2.06. The fourth-order valence-electron chi connectivity index (χ4n) is 2.48. The molecule has 0 radical (unpaired) electrons. The van der Waals surface area contributed by atoms with Crippen LogP contribution in [0.3, 0.4) is 0 Å². The number of H-pyrrole nitrogens is 1. The Morgan fingerprint density at radius 2 is 1.93 bits per heavy atom. The van der Waals surface area contributed by atoms with Crippen molar-refractivity contribution < 1.29 is 9.53 Å². The molecule has 1 aromatic heterocycles. The van der Waals surface area contributed by atoms with Crippen LogP contribution < -0.4 is 10.1 Å². The summed E-state index contributed by atoms with van der Waals surface area (Å²) >= 11 is 7.48. The van der Waals surface area contributed by atoms with Crippen LogP contribution >= 0.6 is 23.4 Å². The summed E-state index contributed by atoms with van der Waals surface area (Å²) in [5.74, 6) is 1.52. The molecule has 0 aliphatic carbocycles. The highest BCUT2D eigenvalue weighted by Crippen LogP contribution is 2.22. The number of carbonyl (C=O) groups is 1. The molecule has 1 amide bonds. The summed E-state index contributed by atoms with van der Waals surface area (Å²) in [5.41, 5.74) is 2.93. The number of hydrogen-bond donors (Lipinski definition) is 2. The second kappa shape index (κ2) is 9.48. The van der Waals surface area contributed by atoms with Crippen LogP contribution in [-0.2, 0) is 11.2 Å². The van der Waals surface area contributed by atoms with Gasteiger partial charge < -0.3 is 15.0 Å². The zero-order chi connectivity index (χ0) is 19.1. The lowest BCUT2D eigenvalue weighted by Gasteiger charge is -2.05. The average molecular weight is 402 g/mol. The molecule has 0 saturated heterocycles. The molecule has 140 valence electrons. The highest BCUT2D eigenvalue weighted by molar-refractivity contribution is 7.99. The molecule has 0 spiro atoms. The molecule has 1 heterocycles. The Hall–Kier alpha value is -2.44. The number of rotatable bonds is 8. The van der Waals surface area contributed by atoms with Crippen molar-refractivity contribution >= 4 is 29.3 Å². The number of imidazole rings is 1. The number of nitrogens with one attached hydrogen (secondary N) is 2. The van der Waals surface area contributed by atoms with Gasteiger partial charge in [0.2, 0.25) is 5.91 Å². The molecule has 2 aromatic carbocycles. The zero-order valence-corrected chi connectivity index (χ0v) is 16.4.